The molecule has 3 rings (SSSR count). The zero-order valence-electron chi connectivity index (χ0n) is 12.7. The van der Waals surface area contributed by atoms with Gasteiger partial charge in [0, 0.05) is 23.8 Å². The predicted molar refractivity (Wildman–Crippen MR) is 92.3 cm³/mol. The highest BCUT2D eigenvalue weighted by atomic mass is 32.2. The monoisotopic (exact) mass is 354 g/mol. The van der Waals surface area contributed by atoms with Gasteiger partial charge in [0.15, 0.2) is 0 Å². The van der Waals surface area contributed by atoms with Gasteiger partial charge in [-0.2, -0.15) is 0 Å². The number of amides is 2. The highest BCUT2D eigenvalue weighted by Crippen LogP contribution is 2.33. The summed E-state index contributed by atoms with van der Waals surface area (Å²) in [6.45, 7) is -0.0842. The van der Waals surface area contributed by atoms with Crippen LogP contribution in [0, 0.1) is 22.5 Å². The molecule has 8 heteroatoms. The second-order valence-corrected chi connectivity index (χ2v) is 5.97. The number of hydrogen-bond acceptors (Lipinski definition) is 6. The van der Waals surface area contributed by atoms with Gasteiger partial charge >= 0.3 is 0 Å². The van der Waals surface area contributed by atoms with Crippen molar-refractivity contribution in [3.05, 3.63) is 57.2 Å². The minimum Gasteiger partial charge on any atom is -0.457 e. The summed E-state index contributed by atoms with van der Waals surface area (Å²) in [5.41, 5.74) is 0.486. The first kappa shape index (κ1) is 16.5. The van der Waals surface area contributed by atoms with Crippen LogP contribution in [-0.2, 0) is 4.79 Å². The van der Waals surface area contributed by atoms with Crippen LogP contribution in [0.15, 0.2) is 45.7 Å². The van der Waals surface area contributed by atoms with Gasteiger partial charge in [-0.25, -0.2) is 0 Å². The zero-order valence-corrected chi connectivity index (χ0v) is 13.5. The average Bonchev–Trinajstić information content (AvgIpc) is 3.16. The van der Waals surface area contributed by atoms with E-state index in [1.165, 1.54) is 18.2 Å². The van der Waals surface area contributed by atoms with Crippen LogP contribution in [0.25, 0.3) is 17.4 Å². The van der Waals surface area contributed by atoms with Crippen molar-refractivity contribution in [3.8, 4) is 23.7 Å². The van der Waals surface area contributed by atoms with Crippen molar-refractivity contribution in [2.45, 2.75) is 0 Å². The molecule has 2 aromatic rings. The van der Waals surface area contributed by atoms with E-state index in [4.69, 9.17) is 10.8 Å². The molecular formula is C17H10N2O5S. The lowest BCUT2D eigenvalue weighted by Gasteiger charge is -2.06. The second kappa shape index (κ2) is 6.67. The first-order valence-corrected chi connectivity index (χ1v) is 7.85. The van der Waals surface area contributed by atoms with Gasteiger partial charge in [-0.05, 0) is 23.9 Å². The Labute approximate surface area is 146 Å². The van der Waals surface area contributed by atoms with E-state index in [9.17, 15) is 19.7 Å². The van der Waals surface area contributed by atoms with Gasteiger partial charge < -0.3 is 4.42 Å². The Morgan fingerprint density at radius 1 is 1.32 bits per heavy atom. The van der Waals surface area contributed by atoms with Gasteiger partial charge in [-0.3, -0.25) is 24.6 Å². The smallest absolute Gasteiger partial charge is 0.294 e. The maximum atomic E-state index is 12.1. The van der Waals surface area contributed by atoms with E-state index >= 15 is 0 Å². The number of nitrogens with zero attached hydrogens (tertiary/aromatic N) is 2. The fraction of sp³-hybridized carbons (Fsp3) is 0.0588. The maximum absolute atomic E-state index is 12.1. The first-order valence-electron chi connectivity index (χ1n) is 7.03. The molecule has 0 unspecified atom stereocenters. The molecule has 0 saturated carbocycles. The number of carbonyl (C=O) groups excluding carboxylic acids is 2. The molecule has 1 aromatic heterocycles. The van der Waals surface area contributed by atoms with Crippen LogP contribution in [-0.4, -0.2) is 27.5 Å². The van der Waals surface area contributed by atoms with Crippen LogP contribution in [0.2, 0.25) is 0 Å². The third kappa shape index (κ3) is 3.32. The molecule has 7 nitrogen and oxygen atoms in total. The van der Waals surface area contributed by atoms with E-state index in [-0.39, 0.29) is 17.1 Å². The molecular weight excluding hydrogens is 344 g/mol. The molecule has 2 heterocycles. The molecule has 1 saturated heterocycles. The summed E-state index contributed by atoms with van der Waals surface area (Å²) < 4.78 is 5.61. The molecule has 25 heavy (non-hydrogen) atoms. The zero-order chi connectivity index (χ0) is 18.0. The number of nitro benzene ring substituents is 1. The van der Waals surface area contributed by atoms with E-state index in [2.05, 4.69) is 5.92 Å². The number of non-ortho nitro benzene ring substituents is 1. The van der Waals surface area contributed by atoms with Crippen LogP contribution in [0.5, 0.6) is 0 Å². The summed E-state index contributed by atoms with van der Waals surface area (Å²) in [7, 11) is 0. The molecule has 124 valence electrons. The lowest BCUT2D eigenvalue weighted by molar-refractivity contribution is -0.384. The molecule has 1 aliphatic rings. The Kier molecular flexibility index (Phi) is 4.41. The van der Waals surface area contributed by atoms with Crippen molar-refractivity contribution in [2.75, 3.05) is 6.54 Å². The summed E-state index contributed by atoms with van der Waals surface area (Å²) in [6, 6.07) is 9.26. The average molecular weight is 354 g/mol. The number of imide groups is 1. The van der Waals surface area contributed by atoms with E-state index in [0.29, 0.717) is 17.1 Å². The molecule has 1 aliphatic heterocycles. The Balaban J connectivity index is 1.87. The van der Waals surface area contributed by atoms with Crippen molar-refractivity contribution in [2.24, 2.45) is 0 Å². The van der Waals surface area contributed by atoms with Gasteiger partial charge in [0.2, 0.25) is 0 Å². The Hall–Kier alpha value is -3.31. The molecule has 1 fully saturated rings. The fourth-order valence-corrected chi connectivity index (χ4v) is 3.03. The standard InChI is InChI=1S/C17H10N2O5S/c1-2-8-18-16(20)15(25-17(18)21)10-13-6-7-14(24-13)11-4-3-5-12(9-11)19(22)23/h1,3-7,9-10H,8H2. The Morgan fingerprint density at radius 3 is 2.84 bits per heavy atom. The topological polar surface area (TPSA) is 93.7 Å². The number of rotatable bonds is 4. The van der Waals surface area contributed by atoms with Crippen LogP contribution < -0.4 is 0 Å². The minimum absolute atomic E-state index is 0.0501. The minimum atomic E-state index is -0.491. The molecule has 0 atom stereocenters. The van der Waals surface area contributed by atoms with E-state index in [1.807, 2.05) is 0 Å². The van der Waals surface area contributed by atoms with Crippen molar-refractivity contribution >= 4 is 34.7 Å². The summed E-state index contributed by atoms with van der Waals surface area (Å²) >= 11 is 0.782. The first-order chi connectivity index (χ1) is 12.0. The molecule has 2 amide bonds. The third-order valence-corrected chi connectivity index (χ3v) is 4.27. The van der Waals surface area contributed by atoms with Crippen LogP contribution in [0.4, 0.5) is 10.5 Å². The van der Waals surface area contributed by atoms with E-state index < -0.39 is 16.1 Å². The number of terminal acetylenes is 1. The lowest BCUT2D eigenvalue weighted by Crippen LogP contribution is -2.28. The molecule has 0 bridgehead atoms. The quantitative estimate of drug-likeness (QED) is 0.361. The van der Waals surface area contributed by atoms with Crippen molar-refractivity contribution in [1.29, 1.82) is 0 Å². The molecule has 0 N–H and O–H groups in total. The number of hydrogen-bond donors (Lipinski definition) is 0. The number of benzene rings is 1. The third-order valence-electron chi connectivity index (χ3n) is 3.36. The normalized spacial score (nSPS) is 15.6. The number of carbonyl (C=O) groups is 2. The second-order valence-electron chi connectivity index (χ2n) is 4.98. The van der Waals surface area contributed by atoms with Gasteiger partial charge in [-0.1, -0.05) is 18.1 Å². The van der Waals surface area contributed by atoms with E-state index in [0.717, 1.165) is 16.7 Å². The summed E-state index contributed by atoms with van der Waals surface area (Å²) in [5, 5.41) is 10.4. The SMILES string of the molecule is C#CCN1C(=O)SC(=Cc2ccc(-c3cccc([N+](=O)[O-])c3)o2)C1=O. The van der Waals surface area contributed by atoms with Gasteiger partial charge in [0.1, 0.15) is 11.5 Å². The molecule has 0 radical (unpaired) electrons. The Morgan fingerprint density at radius 2 is 2.12 bits per heavy atom. The molecule has 0 aliphatic carbocycles. The van der Waals surface area contributed by atoms with Crippen LogP contribution >= 0.6 is 11.8 Å². The number of furan rings is 1. The molecule has 1 aromatic carbocycles. The van der Waals surface area contributed by atoms with Crippen molar-refractivity contribution in [1.82, 2.24) is 4.90 Å². The summed E-state index contributed by atoms with van der Waals surface area (Å²) in [4.78, 5) is 35.4. The lowest BCUT2D eigenvalue weighted by atomic mass is 10.1. The number of thioether (sulfide) groups is 1. The largest absolute Gasteiger partial charge is 0.457 e. The molecule has 0 spiro atoms. The van der Waals surface area contributed by atoms with Gasteiger partial charge in [0.05, 0.1) is 16.4 Å². The number of nitro groups is 1. The maximum Gasteiger partial charge on any atom is 0.294 e. The van der Waals surface area contributed by atoms with Crippen LogP contribution in [0.1, 0.15) is 5.76 Å². The summed E-state index contributed by atoms with van der Waals surface area (Å²) in [5.74, 6) is 2.56. The van der Waals surface area contributed by atoms with Gasteiger partial charge in [0.25, 0.3) is 16.8 Å². The highest BCUT2D eigenvalue weighted by Gasteiger charge is 2.34. The van der Waals surface area contributed by atoms with Gasteiger partial charge in [-0.15, -0.1) is 6.42 Å². The predicted octanol–water partition coefficient (Wildman–Crippen LogP) is 3.52. The van der Waals surface area contributed by atoms with Crippen LogP contribution in [0.3, 0.4) is 0 Å². The van der Waals surface area contributed by atoms with E-state index in [1.54, 1.807) is 24.3 Å². The fourth-order valence-electron chi connectivity index (χ4n) is 2.22. The van der Waals surface area contributed by atoms with Crippen molar-refractivity contribution < 1.29 is 18.9 Å². The Bertz CT molecular complexity index is 954. The highest BCUT2D eigenvalue weighted by molar-refractivity contribution is 8.18. The van der Waals surface area contributed by atoms with Crippen molar-refractivity contribution in [3.63, 3.8) is 0 Å². The summed E-state index contributed by atoms with van der Waals surface area (Å²) in [6.07, 6.45) is 6.59.